The highest BCUT2D eigenvalue weighted by molar-refractivity contribution is 7.09. The van der Waals surface area contributed by atoms with Crippen molar-refractivity contribution in [2.45, 2.75) is 25.8 Å². The quantitative estimate of drug-likeness (QED) is 0.739. The zero-order valence-electron chi connectivity index (χ0n) is 14.5. The predicted octanol–water partition coefficient (Wildman–Crippen LogP) is 2.75. The molecule has 6 heteroatoms. The first-order valence-corrected chi connectivity index (χ1v) is 9.96. The van der Waals surface area contributed by atoms with E-state index in [4.69, 9.17) is 10.7 Å². The summed E-state index contributed by atoms with van der Waals surface area (Å²) in [6.45, 7) is 4.96. The van der Waals surface area contributed by atoms with Gasteiger partial charge in [0.15, 0.2) is 5.65 Å². The van der Waals surface area contributed by atoms with E-state index < -0.39 is 0 Å². The lowest BCUT2D eigenvalue weighted by atomic mass is 9.93. The van der Waals surface area contributed by atoms with Crippen LogP contribution in [0.4, 0.5) is 0 Å². The number of piperidine rings is 1. The van der Waals surface area contributed by atoms with E-state index in [9.17, 15) is 0 Å². The molecule has 1 fully saturated rings. The number of hydrogen-bond donors (Lipinski definition) is 1. The maximum Gasteiger partial charge on any atom is 0.160 e. The third kappa shape index (κ3) is 3.76. The number of thiophene rings is 1. The van der Waals surface area contributed by atoms with E-state index in [2.05, 4.69) is 38.0 Å². The molecule has 25 heavy (non-hydrogen) atoms. The Morgan fingerprint density at radius 2 is 2.08 bits per heavy atom. The van der Waals surface area contributed by atoms with Crippen LogP contribution in [-0.2, 0) is 13.0 Å². The molecule has 0 radical (unpaired) electrons. The van der Waals surface area contributed by atoms with E-state index in [1.54, 1.807) is 11.3 Å². The summed E-state index contributed by atoms with van der Waals surface area (Å²) in [6.07, 6.45) is 5.37. The minimum Gasteiger partial charge on any atom is -0.329 e. The molecule has 0 atom stereocenters. The Morgan fingerprint density at radius 3 is 2.84 bits per heavy atom. The van der Waals surface area contributed by atoms with Gasteiger partial charge in [0, 0.05) is 30.6 Å². The minimum absolute atomic E-state index is 0.702. The molecular weight excluding hydrogens is 330 g/mol. The Labute approximate surface area is 152 Å². The molecule has 0 bridgehead atoms. The number of likely N-dealkylation sites (tertiary alicyclic amines) is 1. The van der Waals surface area contributed by atoms with Crippen molar-refractivity contribution in [3.8, 4) is 0 Å². The smallest absolute Gasteiger partial charge is 0.160 e. The van der Waals surface area contributed by atoms with Gasteiger partial charge in [0.1, 0.15) is 11.3 Å². The lowest BCUT2D eigenvalue weighted by molar-refractivity contribution is 0.187. The third-order valence-corrected chi connectivity index (χ3v) is 5.96. The van der Waals surface area contributed by atoms with Gasteiger partial charge in [-0.05, 0) is 55.4 Å². The van der Waals surface area contributed by atoms with Crippen molar-refractivity contribution in [3.05, 3.63) is 46.5 Å². The number of nitrogens with two attached hydrogens (primary N) is 1. The van der Waals surface area contributed by atoms with Crippen LogP contribution in [0.5, 0.6) is 0 Å². The third-order valence-electron chi connectivity index (χ3n) is 5.10. The van der Waals surface area contributed by atoms with Gasteiger partial charge in [0.05, 0.1) is 6.54 Å². The van der Waals surface area contributed by atoms with Crippen molar-refractivity contribution in [3.63, 3.8) is 0 Å². The Morgan fingerprint density at radius 1 is 1.20 bits per heavy atom. The van der Waals surface area contributed by atoms with Crippen LogP contribution in [0, 0.1) is 5.92 Å². The van der Waals surface area contributed by atoms with Crippen molar-refractivity contribution in [2.75, 3.05) is 26.2 Å². The molecular formula is C19H25N5S. The second kappa shape index (κ2) is 7.64. The molecule has 0 aromatic carbocycles. The normalized spacial score (nSPS) is 16.7. The van der Waals surface area contributed by atoms with E-state index in [0.29, 0.717) is 5.92 Å². The van der Waals surface area contributed by atoms with Gasteiger partial charge in [-0.25, -0.2) is 9.97 Å². The number of nitrogens with zero attached hydrogens (tertiary/aromatic N) is 4. The van der Waals surface area contributed by atoms with Gasteiger partial charge in [-0.1, -0.05) is 6.07 Å². The molecule has 5 nitrogen and oxygen atoms in total. The van der Waals surface area contributed by atoms with Crippen LogP contribution in [0.3, 0.4) is 0 Å². The molecule has 3 aromatic rings. The van der Waals surface area contributed by atoms with Gasteiger partial charge < -0.3 is 15.2 Å². The minimum atomic E-state index is 0.702. The fourth-order valence-corrected chi connectivity index (χ4v) is 4.43. The van der Waals surface area contributed by atoms with Gasteiger partial charge in [0.2, 0.25) is 0 Å². The number of pyridine rings is 1. The molecule has 0 unspecified atom stereocenters. The van der Waals surface area contributed by atoms with Gasteiger partial charge >= 0.3 is 0 Å². The maximum absolute atomic E-state index is 5.68. The molecule has 4 heterocycles. The highest BCUT2D eigenvalue weighted by Gasteiger charge is 2.22. The molecule has 3 aromatic heterocycles. The fraction of sp³-hybridized carbons (Fsp3) is 0.474. The lowest BCUT2D eigenvalue weighted by Crippen LogP contribution is -2.37. The molecule has 0 amide bonds. The van der Waals surface area contributed by atoms with E-state index in [0.717, 1.165) is 50.3 Å². The number of rotatable bonds is 6. The second-order valence-electron chi connectivity index (χ2n) is 6.82. The maximum atomic E-state index is 5.68. The van der Waals surface area contributed by atoms with E-state index in [-0.39, 0.29) is 0 Å². The van der Waals surface area contributed by atoms with Crippen LogP contribution in [0.2, 0.25) is 0 Å². The summed E-state index contributed by atoms with van der Waals surface area (Å²) in [5.41, 5.74) is 7.70. The predicted molar refractivity (Wildman–Crippen MR) is 103 cm³/mol. The van der Waals surface area contributed by atoms with Crippen LogP contribution in [-0.4, -0.2) is 45.6 Å². The molecule has 1 saturated heterocycles. The Bertz CT molecular complexity index is 802. The van der Waals surface area contributed by atoms with E-state index in [1.807, 2.05) is 12.3 Å². The van der Waals surface area contributed by atoms with Crippen LogP contribution in [0.15, 0.2) is 35.8 Å². The van der Waals surface area contributed by atoms with Crippen molar-refractivity contribution in [1.82, 2.24) is 19.4 Å². The standard InChI is InChI=1S/C19H25N5S/c20-7-11-23-9-5-15(6-10-23)13-18-22-17-4-1-8-21-19(17)24(18)14-16-3-2-12-25-16/h1-4,8,12,15H,5-7,9-11,13-14,20H2. The summed E-state index contributed by atoms with van der Waals surface area (Å²) in [5, 5.41) is 2.13. The fourth-order valence-electron chi connectivity index (χ4n) is 3.74. The van der Waals surface area contributed by atoms with E-state index >= 15 is 0 Å². The summed E-state index contributed by atoms with van der Waals surface area (Å²) in [5.74, 6) is 1.88. The Balaban J connectivity index is 1.54. The number of hydrogen-bond acceptors (Lipinski definition) is 5. The summed E-state index contributed by atoms with van der Waals surface area (Å²) in [7, 11) is 0. The first-order valence-electron chi connectivity index (χ1n) is 9.08. The van der Waals surface area contributed by atoms with Crippen LogP contribution >= 0.6 is 11.3 Å². The van der Waals surface area contributed by atoms with Crippen LogP contribution in [0.1, 0.15) is 23.5 Å². The van der Waals surface area contributed by atoms with Crippen LogP contribution < -0.4 is 5.73 Å². The molecule has 0 aliphatic carbocycles. The van der Waals surface area contributed by atoms with Crippen LogP contribution in [0.25, 0.3) is 11.2 Å². The lowest BCUT2D eigenvalue weighted by Gasteiger charge is -2.31. The zero-order valence-corrected chi connectivity index (χ0v) is 15.3. The number of fused-ring (bicyclic) bond motifs is 1. The van der Waals surface area contributed by atoms with Gasteiger partial charge in [-0.3, -0.25) is 0 Å². The zero-order chi connectivity index (χ0) is 17.1. The molecule has 1 aliphatic rings. The van der Waals surface area contributed by atoms with Gasteiger partial charge in [-0.2, -0.15) is 0 Å². The highest BCUT2D eigenvalue weighted by atomic mass is 32.1. The first-order chi connectivity index (χ1) is 12.3. The van der Waals surface area contributed by atoms with Crippen molar-refractivity contribution >= 4 is 22.5 Å². The molecule has 1 aliphatic heterocycles. The monoisotopic (exact) mass is 355 g/mol. The Kier molecular flexibility index (Phi) is 5.10. The average Bonchev–Trinajstić information content (AvgIpc) is 3.26. The number of imidazole rings is 1. The molecule has 132 valence electrons. The summed E-state index contributed by atoms with van der Waals surface area (Å²) >= 11 is 1.80. The molecule has 0 saturated carbocycles. The second-order valence-corrected chi connectivity index (χ2v) is 7.85. The first kappa shape index (κ1) is 16.7. The largest absolute Gasteiger partial charge is 0.329 e. The summed E-state index contributed by atoms with van der Waals surface area (Å²) in [4.78, 5) is 13.3. The van der Waals surface area contributed by atoms with Crippen molar-refractivity contribution < 1.29 is 0 Å². The Hall–Kier alpha value is -1.76. The van der Waals surface area contributed by atoms with Gasteiger partial charge in [-0.15, -0.1) is 11.3 Å². The van der Waals surface area contributed by atoms with Crippen molar-refractivity contribution in [2.24, 2.45) is 11.7 Å². The van der Waals surface area contributed by atoms with Gasteiger partial charge in [0.25, 0.3) is 0 Å². The summed E-state index contributed by atoms with van der Waals surface area (Å²) in [6, 6.07) is 8.34. The molecule has 2 N–H and O–H groups in total. The van der Waals surface area contributed by atoms with Crippen molar-refractivity contribution in [1.29, 1.82) is 0 Å². The average molecular weight is 356 g/mol. The SMILES string of the molecule is NCCN1CCC(Cc2nc3cccnc3n2Cc2cccs2)CC1. The highest BCUT2D eigenvalue weighted by Crippen LogP contribution is 2.24. The number of aromatic nitrogens is 3. The van der Waals surface area contributed by atoms with E-state index in [1.165, 1.54) is 23.5 Å². The molecule has 4 rings (SSSR count). The topological polar surface area (TPSA) is 60.0 Å². The summed E-state index contributed by atoms with van der Waals surface area (Å²) < 4.78 is 2.31. The molecule has 0 spiro atoms.